The largest absolute Gasteiger partial charge is 0.418 e. The molecule has 6 atom stereocenters. The first-order valence-electron chi connectivity index (χ1n) is 18.1. The fourth-order valence-electron chi connectivity index (χ4n) is 10.2. The lowest BCUT2D eigenvalue weighted by molar-refractivity contribution is -0.136. The number of fused-ring (bicyclic) bond motifs is 1. The molecular formula is C36H53F3N4O2. The van der Waals surface area contributed by atoms with Gasteiger partial charge in [0.25, 0.3) is 0 Å². The summed E-state index contributed by atoms with van der Waals surface area (Å²) in [6, 6.07) is 1.19. The van der Waals surface area contributed by atoms with Gasteiger partial charge in [0, 0.05) is 43.5 Å². The number of rotatable bonds is 7. The van der Waals surface area contributed by atoms with Gasteiger partial charge in [-0.15, -0.1) is 0 Å². The van der Waals surface area contributed by atoms with Crippen LogP contribution in [0.3, 0.4) is 0 Å². The number of nitrogens with one attached hydrogen (secondary N) is 1. The number of alkyl halides is 3. The van der Waals surface area contributed by atoms with Crippen molar-refractivity contribution in [3.8, 4) is 0 Å². The van der Waals surface area contributed by atoms with Crippen molar-refractivity contribution in [1.29, 1.82) is 0 Å². The SMILES string of the molecule is C[C@H]1CCCN(Cc2cc(C(F)(F)F)c3cn(C4CCCC([C@H](C5CCC5)C5ONCC5(C)C5CCCCC5)C4)c(=O)n3c2)C1. The first-order chi connectivity index (χ1) is 21.6. The quantitative estimate of drug-likeness (QED) is 0.337. The summed E-state index contributed by atoms with van der Waals surface area (Å²) in [5, 5.41) is 0. The molecule has 2 aromatic rings. The van der Waals surface area contributed by atoms with Gasteiger partial charge in [-0.2, -0.15) is 13.2 Å². The lowest BCUT2D eigenvalue weighted by Gasteiger charge is -2.50. The molecule has 0 bridgehead atoms. The van der Waals surface area contributed by atoms with Gasteiger partial charge in [0.05, 0.1) is 17.2 Å². The second kappa shape index (κ2) is 12.6. The van der Waals surface area contributed by atoms with Crippen LogP contribution in [0.2, 0.25) is 0 Å². The van der Waals surface area contributed by atoms with E-state index in [0.29, 0.717) is 41.7 Å². The predicted molar refractivity (Wildman–Crippen MR) is 170 cm³/mol. The monoisotopic (exact) mass is 630 g/mol. The van der Waals surface area contributed by atoms with Gasteiger partial charge in [0.1, 0.15) is 0 Å². The Hall–Kier alpha value is -1.84. The topological polar surface area (TPSA) is 50.9 Å². The van der Waals surface area contributed by atoms with E-state index in [2.05, 4.69) is 24.2 Å². The lowest BCUT2D eigenvalue weighted by atomic mass is 9.57. The van der Waals surface area contributed by atoms with Gasteiger partial charge in [-0.3, -0.25) is 18.7 Å². The number of nitrogens with zero attached hydrogens (tertiary/aromatic N) is 3. The molecule has 2 saturated heterocycles. The van der Waals surface area contributed by atoms with Crippen LogP contribution in [0, 0.1) is 35.0 Å². The number of pyridine rings is 1. The van der Waals surface area contributed by atoms with E-state index in [1.54, 1.807) is 10.8 Å². The summed E-state index contributed by atoms with van der Waals surface area (Å²) >= 11 is 0. The second-order valence-corrected chi connectivity index (χ2v) is 15.9. The molecule has 0 aromatic carbocycles. The van der Waals surface area contributed by atoms with E-state index >= 15 is 0 Å². The summed E-state index contributed by atoms with van der Waals surface area (Å²) in [6.07, 6.45) is 15.0. The van der Waals surface area contributed by atoms with Gasteiger partial charge in [0.2, 0.25) is 0 Å². The summed E-state index contributed by atoms with van der Waals surface area (Å²) in [4.78, 5) is 22.7. The van der Waals surface area contributed by atoms with Crippen molar-refractivity contribution >= 4 is 5.52 Å². The molecule has 0 amide bonds. The zero-order valence-electron chi connectivity index (χ0n) is 27.3. The average Bonchev–Trinajstić information content (AvgIpc) is 3.55. The molecule has 2 aliphatic heterocycles. The van der Waals surface area contributed by atoms with Crippen LogP contribution in [-0.2, 0) is 17.6 Å². The van der Waals surface area contributed by atoms with E-state index < -0.39 is 11.7 Å². The summed E-state index contributed by atoms with van der Waals surface area (Å²) in [6.45, 7) is 7.73. The maximum absolute atomic E-state index is 14.5. The highest BCUT2D eigenvalue weighted by atomic mass is 19.4. The average molecular weight is 631 g/mol. The van der Waals surface area contributed by atoms with Crippen molar-refractivity contribution in [3.05, 3.63) is 40.1 Å². The van der Waals surface area contributed by atoms with E-state index in [0.717, 1.165) is 58.2 Å². The minimum Gasteiger partial charge on any atom is -0.299 e. The molecule has 6 nitrogen and oxygen atoms in total. The highest BCUT2D eigenvalue weighted by Gasteiger charge is 2.54. The first-order valence-corrected chi connectivity index (χ1v) is 18.1. The molecule has 250 valence electrons. The summed E-state index contributed by atoms with van der Waals surface area (Å²) in [5.74, 6) is 2.64. The first kappa shape index (κ1) is 31.7. The maximum Gasteiger partial charge on any atom is 0.418 e. The molecule has 5 aliphatic rings. The molecule has 0 radical (unpaired) electrons. The number of likely N-dealkylation sites (tertiary alicyclic amines) is 1. The number of hydrogen-bond donors (Lipinski definition) is 1. The third-order valence-electron chi connectivity index (χ3n) is 12.8. The van der Waals surface area contributed by atoms with Crippen LogP contribution in [0.25, 0.3) is 5.52 Å². The molecule has 5 fully saturated rings. The third-order valence-corrected chi connectivity index (χ3v) is 12.8. The van der Waals surface area contributed by atoms with Gasteiger partial charge < -0.3 is 0 Å². The molecule has 1 N–H and O–H groups in total. The fourth-order valence-corrected chi connectivity index (χ4v) is 10.2. The molecule has 45 heavy (non-hydrogen) atoms. The fraction of sp³-hybridized carbons (Fsp3) is 0.806. The standard InChI is InChI=1S/C36H53F3N4O2/c1-24-9-8-16-41(19-24)20-25-17-30(36(37,38)39)31-22-42(34(44)43(31)21-25)29-15-7-12-27(18-29)32(26-10-6-11-26)33-35(2,23-40-45-33)28-13-4-3-5-14-28/h17,21-22,24,26-29,32-33,40H,3-16,18-20,23H2,1-2H3/t24-,27?,29?,32-,33?,35?/m0/s1. The van der Waals surface area contributed by atoms with Crippen LogP contribution in [0.1, 0.15) is 121 Å². The molecule has 2 aromatic heterocycles. The number of hydroxylamine groups is 1. The molecule has 0 spiro atoms. The van der Waals surface area contributed by atoms with Gasteiger partial charge >= 0.3 is 11.9 Å². The normalized spacial score (nSPS) is 33.4. The van der Waals surface area contributed by atoms with Crippen LogP contribution in [0.5, 0.6) is 0 Å². The van der Waals surface area contributed by atoms with E-state index in [4.69, 9.17) is 4.84 Å². The van der Waals surface area contributed by atoms with Crippen molar-refractivity contribution in [2.45, 2.75) is 129 Å². The van der Waals surface area contributed by atoms with Crippen LogP contribution in [0.4, 0.5) is 13.2 Å². The second-order valence-electron chi connectivity index (χ2n) is 15.9. The Morgan fingerprint density at radius 3 is 2.44 bits per heavy atom. The van der Waals surface area contributed by atoms with Crippen LogP contribution in [0.15, 0.2) is 23.3 Å². The molecule has 3 aliphatic carbocycles. The molecule has 3 saturated carbocycles. The highest BCUT2D eigenvalue weighted by molar-refractivity contribution is 5.56. The van der Waals surface area contributed by atoms with Gasteiger partial charge in [0.15, 0.2) is 0 Å². The smallest absolute Gasteiger partial charge is 0.299 e. The van der Waals surface area contributed by atoms with E-state index in [1.807, 2.05) is 0 Å². The van der Waals surface area contributed by atoms with Crippen LogP contribution in [-0.4, -0.2) is 39.6 Å². The Kier molecular flexibility index (Phi) is 8.92. The minimum absolute atomic E-state index is 0.0193. The predicted octanol–water partition coefficient (Wildman–Crippen LogP) is 7.99. The van der Waals surface area contributed by atoms with Crippen molar-refractivity contribution in [2.75, 3.05) is 19.6 Å². The molecule has 4 heterocycles. The Balaban J connectivity index is 1.18. The van der Waals surface area contributed by atoms with Gasteiger partial charge in [-0.1, -0.05) is 58.8 Å². The maximum atomic E-state index is 14.5. The van der Waals surface area contributed by atoms with Crippen LogP contribution < -0.4 is 11.2 Å². The Morgan fingerprint density at radius 2 is 1.73 bits per heavy atom. The number of imidazole rings is 1. The van der Waals surface area contributed by atoms with Crippen molar-refractivity contribution in [3.63, 3.8) is 0 Å². The van der Waals surface area contributed by atoms with Crippen LogP contribution >= 0.6 is 0 Å². The number of halogens is 3. The van der Waals surface area contributed by atoms with Crippen molar-refractivity contribution in [2.24, 2.45) is 35.0 Å². The number of hydrogen-bond acceptors (Lipinski definition) is 4. The minimum atomic E-state index is -4.53. The molecular weight excluding hydrogens is 577 g/mol. The Labute approximate surface area is 266 Å². The van der Waals surface area contributed by atoms with Gasteiger partial charge in [-0.05, 0) is 92.7 Å². The molecule has 4 unspecified atom stereocenters. The molecule has 7 rings (SSSR count). The van der Waals surface area contributed by atoms with E-state index in [1.165, 1.54) is 68.0 Å². The van der Waals surface area contributed by atoms with Gasteiger partial charge in [-0.25, -0.2) is 10.3 Å². The summed E-state index contributed by atoms with van der Waals surface area (Å²) < 4.78 is 46.4. The van der Waals surface area contributed by atoms with E-state index in [9.17, 15) is 18.0 Å². The highest BCUT2D eigenvalue weighted by Crippen LogP contribution is 2.54. The number of aromatic nitrogens is 2. The van der Waals surface area contributed by atoms with Crippen molar-refractivity contribution in [1.82, 2.24) is 19.3 Å². The lowest BCUT2D eigenvalue weighted by Crippen LogP contribution is -2.49. The van der Waals surface area contributed by atoms with E-state index in [-0.39, 0.29) is 28.8 Å². The third kappa shape index (κ3) is 6.15. The Morgan fingerprint density at radius 1 is 0.978 bits per heavy atom. The zero-order valence-corrected chi connectivity index (χ0v) is 27.3. The summed E-state index contributed by atoms with van der Waals surface area (Å²) in [7, 11) is 0. The number of piperidine rings is 1. The Bertz CT molecular complexity index is 1390. The molecule has 9 heteroatoms. The zero-order chi connectivity index (χ0) is 31.3. The van der Waals surface area contributed by atoms with Crippen molar-refractivity contribution < 1.29 is 18.0 Å². The summed E-state index contributed by atoms with van der Waals surface area (Å²) in [5.41, 5.74) is 2.94.